The van der Waals surface area contributed by atoms with Crippen LogP contribution in [0.1, 0.15) is 71.4 Å². The molecule has 0 aliphatic heterocycles. The molecule has 2 N–H and O–H groups in total. The summed E-state index contributed by atoms with van der Waals surface area (Å²) in [6.07, 6.45) is 9.55. The van der Waals surface area contributed by atoms with Crippen LogP contribution in [0.4, 0.5) is 0 Å². The van der Waals surface area contributed by atoms with E-state index in [1.165, 1.54) is 24.0 Å². The maximum atomic E-state index is 10.4. The molecule has 25 heavy (non-hydrogen) atoms. The lowest BCUT2D eigenvalue weighted by atomic mass is 9.75. The topological polar surface area (TPSA) is 40.5 Å². The van der Waals surface area contributed by atoms with Crippen LogP contribution in [0.25, 0.3) is 0 Å². The second kappa shape index (κ2) is 9.70. The SMILES string of the molecule is C.C=C(C)[C@@H]1CCC(C)=C[C@H]1Cc1c(O)cc(CCCCC)cc1O. The molecule has 0 saturated carbocycles. The minimum absolute atomic E-state index is 0. The first-order valence-corrected chi connectivity index (χ1v) is 9.28. The molecule has 2 atom stereocenters. The molecule has 0 radical (unpaired) electrons. The van der Waals surface area contributed by atoms with E-state index in [-0.39, 0.29) is 18.9 Å². The Morgan fingerprint density at radius 3 is 2.40 bits per heavy atom. The second-order valence-corrected chi connectivity index (χ2v) is 7.44. The van der Waals surface area contributed by atoms with E-state index in [4.69, 9.17) is 0 Å². The number of allylic oxidation sites excluding steroid dienone is 3. The number of unbranched alkanes of at least 4 members (excludes halogenated alkanes) is 2. The van der Waals surface area contributed by atoms with Gasteiger partial charge in [0.15, 0.2) is 0 Å². The minimum atomic E-state index is 0. The first kappa shape index (κ1) is 21.3. The molecule has 0 bridgehead atoms. The van der Waals surface area contributed by atoms with Crippen LogP contribution in [0.15, 0.2) is 35.9 Å². The van der Waals surface area contributed by atoms with Crippen molar-refractivity contribution in [2.75, 3.05) is 0 Å². The van der Waals surface area contributed by atoms with Gasteiger partial charge < -0.3 is 10.2 Å². The number of aromatic hydroxyl groups is 2. The maximum Gasteiger partial charge on any atom is 0.122 e. The zero-order valence-corrected chi connectivity index (χ0v) is 15.4. The van der Waals surface area contributed by atoms with Gasteiger partial charge in [-0.25, -0.2) is 0 Å². The lowest BCUT2D eigenvalue weighted by Crippen LogP contribution is -2.20. The minimum Gasteiger partial charge on any atom is -0.508 e. The van der Waals surface area contributed by atoms with Crippen molar-refractivity contribution in [2.45, 2.75) is 73.1 Å². The molecule has 2 nitrogen and oxygen atoms in total. The fourth-order valence-corrected chi connectivity index (χ4v) is 3.84. The zero-order valence-electron chi connectivity index (χ0n) is 15.4. The average molecular weight is 345 g/mol. The molecule has 0 amide bonds. The van der Waals surface area contributed by atoms with Gasteiger partial charge in [0.1, 0.15) is 11.5 Å². The van der Waals surface area contributed by atoms with E-state index in [0.717, 1.165) is 31.2 Å². The molecule has 0 unspecified atom stereocenters. The maximum absolute atomic E-state index is 10.4. The van der Waals surface area contributed by atoms with E-state index in [1.54, 1.807) is 0 Å². The molecule has 0 fully saturated rings. The Labute approximate surface area is 154 Å². The summed E-state index contributed by atoms with van der Waals surface area (Å²) in [5.41, 5.74) is 4.29. The second-order valence-electron chi connectivity index (χ2n) is 7.44. The Morgan fingerprint density at radius 2 is 1.84 bits per heavy atom. The summed E-state index contributed by atoms with van der Waals surface area (Å²) < 4.78 is 0. The van der Waals surface area contributed by atoms with Crippen LogP contribution >= 0.6 is 0 Å². The number of hydrogen-bond acceptors (Lipinski definition) is 2. The number of aryl methyl sites for hydroxylation is 1. The van der Waals surface area contributed by atoms with E-state index < -0.39 is 0 Å². The quantitative estimate of drug-likeness (QED) is 0.434. The van der Waals surface area contributed by atoms with Crippen molar-refractivity contribution in [3.05, 3.63) is 47.1 Å². The molecule has 0 saturated heterocycles. The van der Waals surface area contributed by atoms with Gasteiger partial charge in [-0.3, -0.25) is 0 Å². The van der Waals surface area contributed by atoms with Gasteiger partial charge in [-0.2, -0.15) is 0 Å². The van der Waals surface area contributed by atoms with Crippen molar-refractivity contribution >= 4 is 0 Å². The van der Waals surface area contributed by atoms with E-state index in [2.05, 4.69) is 33.4 Å². The summed E-state index contributed by atoms with van der Waals surface area (Å²) in [5, 5.41) is 20.9. The number of benzene rings is 1. The number of rotatable bonds is 7. The number of phenols is 2. The van der Waals surface area contributed by atoms with Crippen LogP contribution < -0.4 is 0 Å². The fraction of sp³-hybridized carbons (Fsp3) is 0.565. The summed E-state index contributed by atoms with van der Waals surface area (Å²) in [6.45, 7) is 10.6. The molecule has 2 heteroatoms. The van der Waals surface area contributed by atoms with Crippen LogP contribution in [0.2, 0.25) is 0 Å². The lowest BCUT2D eigenvalue weighted by Gasteiger charge is -2.30. The Balaban J connectivity index is 0.00000312. The van der Waals surface area contributed by atoms with E-state index in [1.807, 2.05) is 12.1 Å². The molecule has 1 aliphatic rings. The average Bonchev–Trinajstić information content (AvgIpc) is 2.51. The fourth-order valence-electron chi connectivity index (χ4n) is 3.84. The highest BCUT2D eigenvalue weighted by Crippen LogP contribution is 2.39. The van der Waals surface area contributed by atoms with E-state index in [9.17, 15) is 10.2 Å². The van der Waals surface area contributed by atoms with Gasteiger partial charge in [-0.1, -0.05) is 51.0 Å². The first-order chi connectivity index (χ1) is 11.4. The number of hydrogen-bond donors (Lipinski definition) is 2. The summed E-state index contributed by atoms with van der Waals surface area (Å²) in [6, 6.07) is 3.67. The van der Waals surface area contributed by atoms with Crippen LogP contribution in [0.5, 0.6) is 11.5 Å². The van der Waals surface area contributed by atoms with Gasteiger partial charge in [0.05, 0.1) is 0 Å². The van der Waals surface area contributed by atoms with Gasteiger partial charge in [-0.15, -0.1) is 0 Å². The van der Waals surface area contributed by atoms with Crippen molar-refractivity contribution in [2.24, 2.45) is 11.8 Å². The zero-order chi connectivity index (χ0) is 17.7. The van der Waals surface area contributed by atoms with Gasteiger partial charge in [0.2, 0.25) is 0 Å². The van der Waals surface area contributed by atoms with Gasteiger partial charge in [0.25, 0.3) is 0 Å². The normalized spacial score (nSPS) is 19.9. The highest BCUT2D eigenvalue weighted by Gasteiger charge is 2.26. The molecule has 140 valence electrons. The van der Waals surface area contributed by atoms with E-state index >= 15 is 0 Å². The predicted molar refractivity (Wildman–Crippen MR) is 108 cm³/mol. The summed E-state index contributed by atoms with van der Waals surface area (Å²) in [4.78, 5) is 0. The number of phenolic OH excluding ortho intramolecular Hbond substituents is 2. The molecule has 2 rings (SSSR count). The third kappa shape index (κ3) is 5.66. The Hall–Kier alpha value is -1.70. The molecule has 1 aromatic carbocycles. The molecular formula is C23H36O2. The predicted octanol–water partition coefficient (Wildman–Crippen LogP) is 6.56. The van der Waals surface area contributed by atoms with Gasteiger partial charge in [0, 0.05) is 5.56 Å². The molecular weight excluding hydrogens is 308 g/mol. The highest BCUT2D eigenvalue weighted by molar-refractivity contribution is 5.47. The standard InChI is InChI=1S/C22H32O2.CH4/c1-5-6-7-8-17-12-21(23)20(22(24)13-17)14-18-11-16(4)9-10-19(18)15(2)3;/h11-13,18-19,23-24H,2,5-10,14H2,1,3-4H3;1H4/t18-,19-;/m0./s1. The smallest absolute Gasteiger partial charge is 0.122 e. The Kier molecular flexibility index (Phi) is 8.28. The van der Waals surface area contributed by atoms with Crippen molar-refractivity contribution in [1.29, 1.82) is 0 Å². The Bertz CT molecular complexity index is 590. The molecule has 0 aromatic heterocycles. The largest absolute Gasteiger partial charge is 0.508 e. The third-order valence-corrected chi connectivity index (χ3v) is 5.27. The van der Waals surface area contributed by atoms with Gasteiger partial charge in [-0.05, 0) is 75.5 Å². The van der Waals surface area contributed by atoms with Crippen LogP contribution in [-0.4, -0.2) is 10.2 Å². The molecule has 1 aliphatic carbocycles. The molecule has 0 spiro atoms. The van der Waals surface area contributed by atoms with Crippen molar-refractivity contribution in [3.63, 3.8) is 0 Å². The molecule has 0 heterocycles. The van der Waals surface area contributed by atoms with Gasteiger partial charge >= 0.3 is 0 Å². The third-order valence-electron chi connectivity index (χ3n) is 5.27. The summed E-state index contributed by atoms with van der Waals surface area (Å²) in [5.74, 6) is 1.20. The lowest BCUT2D eigenvalue weighted by molar-refractivity contribution is 0.379. The van der Waals surface area contributed by atoms with Crippen LogP contribution in [0, 0.1) is 11.8 Å². The van der Waals surface area contributed by atoms with E-state index in [0.29, 0.717) is 23.8 Å². The summed E-state index contributed by atoms with van der Waals surface area (Å²) >= 11 is 0. The van der Waals surface area contributed by atoms with Crippen molar-refractivity contribution in [3.8, 4) is 11.5 Å². The summed E-state index contributed by atoms with van der Waals surface area (Å²) in [7, 11) is 0. The highest BCUT2D eigenvalue weighted by atomic mass is 16.3. The van der Waals surface area contributed by atoms with Crippen molar-refractivity contribution < 1.29 is 10.2 Å². The van der Waals surface area contributed by atoms with Crippen LogP contribution in [0.3, 0.4) is 0 Å². The monoisotopic (exact) mass is 344 g/mol. The first-order valence-electron chi connectivity index (χ1n) is 9.28. The van der Waals surface area contributed by atoms with Crippen molar-refractivity contribution in [1.82, 2.24) is 0 Å². The Morgan fingerprint density at radius 1 is 1.20 bits per heavy atom. The molecule has 1 aromatic rings. The van der Waals surface area contributed by atoms with Crippen LogP contribution in [-0.2, 0) is 12.8 Å².